The largest absolute Gasteiger partial charge is 0.336 e. The number of nitrogens with one attached hydrogen (secondary N) is 1. The lowest BCUT2D eigenvalue weighted by Crippen LogP contribution is -2.31. The Morgan fingerprint density at radius 3 is 2.25 bits per heavy atom. The Morgan fingerprint density at radius 1 is 1.15 bits per heavy atom. The van der Waals surface area contributed by atoms with Gasteiger partial charge in [0.05, 0.1) is 18.2 Å². The molecule has 20 heavy (non-hydrogen) atoms. The van der Waals surface area contributed by atoms with Gasteiger partial charge in [-0.05, 0) is 25.4 Å². The van der Waals surface area contributed by atoms with Gasteiger partial charge in [0.25, 0.3) is 0 Å². The van der Waals surface area contributed by atoms with Crippen LogP contribution in [0.2, 0.25) is 5.28 Å². The van der Waals surface area contributed by atoms with E-state index in [1.165, 1.54) is 4.90 Å². The molecule has 0 saturated heterocycles. The van der Waals surface area contributed by atoms with Crippen molar-refractivity contribution in [1.29, 1.82) is 15.8 Å². The second-order valence-electron chi connectivity index (χ2n) is 4.26. The van der Waals surface area contributed by atoms with Crippen molar-refractivity contribution in [3.63, 3.8) is 0 Å². The number of anilines is 2. The van der Waals surface area contributed by atoms with E-state index in [-0.39, 0.29) is 30.3 Å². The Hall–Kier alpha value is -2.63. The van der Waals surface area contributed by atoms with Crippen LogP contribution >= 0.6 is 11.6 Å². The number of aromatic nitrogens is 3. The van der Waals surface area contributed by atoms with Gasteiger partial charge in [0.15, 0.2) is 0 Å². The molecule has 0 spiro atoms. The third-order valence-electron chi connectivity index (χ3n) is 2.11. The zero-order chi connectivity index (χ0) is 15.2. The first-order valence-corrected chi connectivity index (χ1v) is 5.89. The molecule has 9 heteroatoms. The number of nitriles is 3. The maximum absolute atomic E-state index is 8.96. The molecule has 0 aliphatic carbocycles. The van der Waals surface area contributed by atoms with Crippen molar-refractivity contribution in [2.24, 2.45) is 0 Å². The first-order chi connectivity index (χ1) is 9.41. The highest BCUT2D eigenvalue weighted by molar-refractivity contribution is 6.28. The molecular weight excluding hydrogens is 280 g/mol. The van der Waals surface area contributed by atoms with E-state index in [4.69, 9.17) is 27.4 Å². The van der Waals surface area contributed by atoms with E-state index in [2.05, 4.69) is 20.3 Å². The maximum Gasteiger partial charge on any atom is 0.233 e. The Balaban J connectivity index is 3.11. The lowest BCUT2D eigenvalue weighted by molar-refractivity contribution is 0.713. The fourth-order valence-electron chi connectivity index (χ4n) is 1.21. The van der Waals surface area contributed by atoms with Crippen molar-refractivity contribution in [3.8, 4) is 18.2 Å². The lowest BCUT2D eigenvalue weighted by Gasteiger charge is -2.20. The van der Waals surface area contributed by atoms with Crippen LogP contribution in [0, 0.1) is 34.0 Å². The SMILES string of the molecule is CC(C)(C#N)Nc1nc(Cl)nc(N(CC#N)CC#N)n1. The Bertz CT molecular complexity index is 590. The number of hydrogen-bond donors (Lipinski definition) is 1. The molecule has 1 aromatic heterocycles. The number of halogens is 1. The third kappa shape index (κ3) is 4.24. The molecular formula is C11H11ClN8. The van der Waals surface area contributed by atoms with Crippen molar-refractivity contribution in [1.82, 2.24) is 15.0 Å². The van der Waals surface area contributed by atoms with Gasteiger partial charge in [0, 0.05) is 0 Å². The van der Waals surface area contributed by atoms with Crippen LogP contribution in [0.3, 0.4) is 0 Å². The van der Waals surface area contributed by atoms with Crippen LogP contribution in [0.5, 0.6) is 0 Å². The number of hydrogen-bond acceptors (Lipinski definition) is 8. The van der Waals surface area contributed by atoms with Gasteiger partial charge >= 0.3 is 0 Å². The molecule has 0 fully saturated rings. The van der Waals surface area contributed by atoms with Crippen LogP contribution in [0.1, 0.15) is 13.8 Å². The average molecular weight is 291 g/mol. The standard InChI is InChI=1S/C11H11ClN8/c1-11(2,7-15)19-9-16-8(12)17-10(18-9)20(5-3-13)6-4-14/h5-6H2,1-2H3,(H,16,17,18,19). The van der Waals surface area contributed by atoms with Crippen molar-refractivity contribution in [2.75, 3.05) is 23.3 Å². The van der Waals surface area contributed by atoms with Gasteiger partial charge in [-0.3, -0.25) is 0 Å². The second-order valence-corrected chi connectivity index (χ2v) is 4.60. The second kappa shape index (κ2) is 6.51. The first-order valence-electron chi connectivity index (χ1n) is 5.51. The van der Waals surface area contributed by atoms with Gasteiger partial charge in [0.2, 0.25) is 17.2 Å². The topological polar surface area (TPSA) is 125 Å². The zero-order valence-electron chi connectivity index (χ0n) is 10.9. The van der Waals surface area contributed by atoms with E-state index in [1.54, 1.807) is 13.8 Å². The molecule has 0 amide bonds. The summed E-state index contributed by atoms with van der Waals surface area (Å²) < 4.78 is 0. The van der Waals surface area contributed by atoms with Gasteiger partial charge in [-0.25, -0.2) is 0 Å². The fourth-order valence-corrected chi connectivity index (χ4v) is 1.37. The van der Waals surface area contributed by atoms with Gasteiger partial charge in [-0.1, -0.05) is 0 Å². The van der Waals surface area contributed by atoms with Crippen molar-refractivity contribution < 1.29 is 0 Å². The number of nitrogens with zero attached hydrogens (tertiary/aromatic N) is 7. The van der Waals surface area contributed by atoms with Crippen LogP contribution in [-0.4, -0.2) is 33.6 Å². The van der Waals surface area contributed by atoms with Crippen LogP contribution in [0.4, 0.5) is 11.9 Å². The average Bonchev–Trinajstić information content (AvgIpc) is 2.37. The van der Waals surface area contributed by atoms with Crippen LogP contribution < -0.4 is 10.2 Å². The van der Waals surface area contributed by atoms with Crippen molar-refractivity contribution in [3.05, 3.63) is 5.28 Å². The molecule has 1 rings (SSSR count). The Morgan fingerprint density at radius 2 is 1.75 bits per heavy atom. The van der Waals surface area contributed by atoms with Crippen LogP contribution in [-0.2, 0) is 0 Å². The highest BCUT2D eigenvalue weighted by Gasteiger charge is 2.19. The van der Waals surface area contributed by atoms with E-state index < -0.39 is 5.54 Å². The monoisotopic (exact) mass is 290 g/mol. The Kier molecular flexibility index (Phi) is 5.02. The minimum Gasteiger partial charge on any atom is -0.336 e. The molecule has 0 radical (unpaired) electrons. The zero-order valence-corrected chi connectivity index (χ0v) is 11.7. The summed E-state index contributed by atoms with van der Waals surface area (Å²) in [6.07, 6.45) is 0. The van der Waals surface area contributed by atoms with Crippen molar-refractivity contribution >= 4 is 23.5 Å². The fraction of sp³-hybridized carbons (Fsp3) is 0.455. The molecule has 8 nitrogen and oxygen atoms in total. The summed E-state index contributed by atoms with van der Waals surface area (Å²) in [6, 6.07) is 5.85. The Labute approximate surface area is 121 Å². The number of rotatable bonds is 5. The minimum absolute atomic E-state index is 0.0605. The predicted molar refractivity (Wildman–Crippen MR) is 71.6 cm³/mol. The molecule has 1 heterocycles. The van der Waals surface area contributed by atoms with E-state index in [9.17, 15) is 0 Å². The summed E-state index contributed by atoms with van der Waals surface area (Å²) in [5, 5.41) is 29.1. The molecule has 0 saturated carbocycles. The predicted octanol–water partition coefficient (Wildman–Crippen LogP) is 1.09. The smallest absolute Gasteiger partial charge is 0.233 e. The van der Waals surface area contributed by atoms with Gasteiger partial charge in [-0.2, -0.15) is 30.7 Å². The quantitative estimate of drug-likeness (QED) is 0.799. The van der Waals surface area contributed by atoms with Crippen LogP contribution in [0.25, 0.3) is 0 Å². The highest BCUT2D eigenvalue weighted by atomic mass is 35.5. The van der Waals surface area contributed by atoms with E-state index >= 15 is 0 Å². The molecule has 0 aliphatic rings. The molecule has 1 N–H and O–H groups in total. The summed E-state index contributed by atoms with van der Waals surface area (Å²) in [5.74, 6) is 0.205. The van der Waals surface area contributed by atoms with Crippen molar-refractivity contribution in [2.45, 2.75) is 19.4 Å². The summed E-state index contributed by atoms with van der Waals surface area (Å²) in [6.45, 7) is 3.17. The van der Waals surface area contributed by atoms with Gasteiger partial charge in [-0.15, -0.1) is 0 Å². The lowest BCUT2D eigenvalue weighted by atomic mass is 10.1. The van der Waals surface area contributed by atoms with E-state index in [0.717, 1.165) is 0 Å². The summed E-state index contributed by atoms with van der Waals surface area (Å²) >= 11 is 5.79. The molecule has 0 unspecified atom stereocenters. The molecule has 102 valence electrons. The summed E-state index contributed by atoms with van der Waals surface area (Å²) in [7, 11) is 0. The minimum atomic E-state index is -0.892. The highest BCUT2D eigenvalue weighted by Crippen LogP contribution is 2.16. The van der Waals surface area contributed by atoms with E-state index in [0.29, 0.717) is 0 Å². The summed E-state index contributed by atoms with van der Waals surface area (Å²) in [5.41, 5.74) is -0.892. The molecule has 1 aromatic rings. The first kappa shape index (κ1) is 15.4. The third-order valence-corrected chi connectivity index (χ3v) is 2.28. The molecule has 0 atom stereocenters. The maximum atomic E-state index is 8.96. The normalized spacial score (nSPS) is 10.0. The van der Waals surface area contributed by atoms with Crippen LogP contribution in [0.15, 0.2) is 0 Å². The molecule has 0 aliphatic heterocycles. The van der Waals surface area contributed by atoms with E-state index in [1.807, 2.05) is 18.2 Å². The summed E-state index contributed by atoms with van der Waals surface area (Å²) in [4.78, 5) is 13.1. The van der Waals surface area contributed by atoms with Gasteiger partial charge in [0.1, 0.15) is 18.6 Å². The van der Waals surface area contributed by atoms with Gasteiger partial charge < -0.3 is 10.2 Å². The molecule has 0 aromatic carbocycles. The molecule has 0 bridgehead atoms.